The molecule has 4 rings (SSSR count). The number of aromatic nitrogens is 1. The number of anilines is 1. The molecule has 1 N–H and O–H groups in total. The van der Waals surface area contributed by atoms with Crippen LogP contribution in [0.4, 0.5) is 10.1 Å². The van der Waals surface area contributed by atoms with Gasteiger partial charge in [0.25, 0.3) is 0 Å². The molecule has 2 aromatic rings. The van der Waals surface area contributed by atoms with E-state index in [1.807, 2.05) is 18.3 Å². The van der Waals surface area contributed by atoms with Crippen molar-refractivity contribution in [3.05, 3.63) is 47.5 Å². The molecule has 2 heterocycles. The summed E-state index contributed by atoms with van der Waals surface area (Å²) in [6, 6.07) is 5.40. The number of benzene rings is 1. The Kier molecular flexibility index (Phi) is 4.49. The molecule has 1 aliphatic heterocycles. The van der Waals surface area contributed by atoms with E-state index < -0.39 is 0 Å². The van der Waals surface area contributed by atoms with Crippen LogP contribution in [-0.2, 0) is 16.8 Å². The largest absolute Gasteiger partial charge is 0.315 e. The Labute approximate surface area is 157 Å². The molecule has 0 radical (unpaired) electrons. The molecule has 136 valence electrons. The highest BCUT2D eigenvalue weighted by Gasteiger charge is 2.44. The summed E-state index contributed by atoms with van der Waals surface area (Å²) in [5.74, 6) is 0.717. The highest BCUT2D eigenvalue weighted by Crippen LogP contribution is 2.47. The Morgan fingerprint density at radius 2 is 2.08 bits per heavy atom. The van der Waals surface area contributed by atoms with E-state index in [0.29, 0.717) is 24.1 Å². The molecule has 1 fully saturated rings. The molecule has 0 atom stereocenters. The third-order valence-corrected chi connectivity index (χ3v) is 6.10. The number of amides is 1. The topological polar surface area (TPSA) is 45.2 Å². The maximum absolute atomic E-state index is 14.8. The fourth-order valence-corrected chi connectivity index (χ4v) is 4.26. The first-order chi connectivity index (χ1) is 12.5. The summed E-state index contributed by atoms with van der Waals surface area (Å²) in [5.41, 5.74) is 4.11. The van der Waals surface area contributed by atoms with Gasteiger partial charge in [-0.2, -0.15) is 0 Å². The molecule has 0 bridgehead atoms. The number of nitrogens with zero attached hydrogens (tertiary/aromatic N) is 2. The van der Waals surface area contributed by atoms with Crippen molar-refractivity contribution >= 4 is 23.5 Å². The van der Waals surface area contributed by atoms with Crippen molar-refractivity contribution < 1.29 is 9.18 Å². The molecule has 1 amide bonds. The summed E-state index contributed by atoms with van der Waals surface area (Å²) < 4.78 is 18.4. The van der Waals surface area contributed by atoms with E-state index in [2.05, 4.69) is 16.6 Å². The van der Waals surface area contributed by atoms with E-state index >= 15 is 0 Å². The number of aryl methyl sites for hydroxylation is 1. The monoisotopic (exact) mass is 371 g/mol. The molecule has 1 saturated carbocycles. The van der Waals surface area contributed by atoms with Crippen molar-refractivity contribution in [1.29, 1.82) is 0 Å². The summed E-state index contributed by atoms with van der Waals surface area (Å²) in [4.78, 5) is 17.8. The molecular weight excluding hydrogens is 349 g/mol. The Hall–Kier alpha value is -1.92. The normalized spacial score (nSPS) is 18.0. The van der Waals surface area contributed by atoms with Crippen LogP contribution in [0.1, 0.15) is 37.3 Å². The minimum absolute atomic E-state index is 0.0268. The van der Waals surface area contributed by atoms with Gasteiger partial charge in [-0.3, -0.25) is 14.5 Å². The number of rotatable bonds is 5. The molecule has 0 unspecified atom stereocenters. The van der Waals surface area contributed by atoms with Crippen LogP contribution in [0.3, 0.4) is 0 Å². The summed E-state index contributed by atoms with van der Waals surface area (Å²) >= 11 is 1.71. The zero-order valence-corrected chi connectivity index (χ0v) is 15.8. The first kappa shape index (κ1) is 17.5. The second-order valence-electron chi connectivity index (χ2n) is 6.99. The highest BCUT2D eigenvalue weighted by atomic mass is 32.2. The minimum Gasteiger partial charge on any atom is -0.315 e. The lowest BCUT2D eigenvalue weighted by Gasteiger charge is -2.26. The second-order valence-corrected chi connectivity index (χ2v) is 8.06. The molecule has 1 aromatic heterocycles. The van der Waals surface area contributed by atoms with Crippen molar-refractivity contribution in [2.45, 2.75) is 38.1 Å². The van der Waals surface area contributed by atoms with Crippen molar-refractivity contribution in [1.82, 2.24) is 9.71 Å². The van der Waals surface area contributed by atoms with E-state index in [-0.39, 0.29) is 17.3 Å². The Morgan fingerprint density at radius 3 is 2.81 bits per heavy atom. The van der Waals surface area contributed by atoms with Gasteiger partial charge in [-0.05, 0) is 48.6 Å². The molecule has 1 aromatic carbocycles. The van der Waals surface area contributed by atoms with E-state index in [9.17, 15) is 9.18 Å². The first-order valence-corrected chi connectivity index (χ1v) is 9.96. The second kappa shape index (κ2) is 6.67. The lowest BCUT2D eigenvalue weighted by atomic mass is 9.95. The molecule has 6 heteroatoms. The number of carbonyl (C=O) groups is 1. The summed E-state index contributed by atoms with van der Waals surface area (Å²) in [7, 11) is 1.70. The third kappa shape index (κ3) is 3.01. The molecule has 2 aliphatic rings. The van der Waals surface area contributed by atoms with Gasteiger partial charge in [0.05, 0.1) is 5.54 Å². The van der Waals surface area contributed by atoms with E-state index in [1.165, 1.54) is 6.07 Å². The predicted molar refractivity (Wildman–Crippen MR) is 104 cm³/mol. The van der Waals surface area contributed by atoms with Gasteiger partial charge in [0.1, 0.15) is 5.82 Å². The molecule has 26 heavy (non-hydrogen) atoms. The van der Waals surface area contributed by atoms with Crippen LogP contribution in [0.15, 0.2) is 30.6 Å². The van der Waals surface area contributed by atoms with Crippen LogP contribution >= 0.6 is 11.9 Å². The fraction of sp³-hybridized carbons (Fsp3) is 0.400. The van der Waals surface area contributed by atoms with Crippen LogP contribution in [0.2, 0.25) is 0 Å². The lowest BCUT2D eigenvalue weighted by molar-refractivity contribution is -0.118. The molecular formula is C20H22FN3OS. The number of nitrogens with one attached hydrogen (secondary N) is 1. The maximum Gasteiger partial charge on any atom is 0.227 e. The number of pyridine rings is 1. The van der Waals surface area contributed by atoms with Gasteiger partial charge in [0.15, 0.2) is 0 Å². The highest BCUT2D eigenvalue weighted by molar-refractivity contribution is 7.97. The average Bonchev–Trinajstić information content (AvgIpc) is 3.44. The van der Waals surface area contributed by atoms with Crippen LogP contribution in [0.5, 0.6) is 0 Å². The van der Waals surface area contributed by atoms with Gasteiger partial charge < -0.3 is 4.90 Å². The number of carbonyl (C=O) groups excluding carboxylic acids is 1. The molecule has 0 spiro atoms. The molecule has 1 aliphatic carbocycles. The summed E-state index contributed by atoms with van der Waals surface area (Å²) in [6.07, 6.45) is 6.86. The lowest BCUT2D eigenvalue weighted by Crippen LogP contribution is -2.31. The van der Waals surface area contributed by atoms with Crippen LogP contribution < -0.4 is 9.62 Å². The van der Waals surface area contributed by atoms with Crippen LogP contribution in [0, 0.1) is 5.82 Å². The SMILES string of the molecule is CCSNC1(c2cncc(-c3cc4c(cc3F)N(C)C(=O)CC4)c2)CC1. The Bertz CT molecular complexity index is 866. The van der Waals surface area contributed by atoms with Crippen molar-refractivity contribution in [2.75, 3.05) is 17.7 Å². The van der Waals surface area contributed by atoms with Gasteiger partial charge >= 0.3 is 0 Å². The van der Waals surface area contributed by atoms with Gasteiger partial charge in [-0.1, -0.05) is 18.9 Å². The average molecular weight is 371 g/mol. The van der Waals surface area contributed by atoms with Crippen molar-refractivity contribution in [3.8, 4) is 11.1 Å². The standard InChI is InChI=1S/C20H22FN3OS/c1-3-26-23-20(6-7-20)15-8-14(11-22-12-15)16-9-13-4-5-19(25)24(2)18(13)10-17(16)21/h8-12,23H,3-7H2,1-2H3. The van der Waals surface area contributed by atoms with E-state index in [0.717, 1.165) is 35.3 Å². The minimum atomic E-state index is -0.315. The third-order valence-electron chi connectivity index (χ3n) is 5.28. The Balaban J connectivity index is 1.71. The van der Waals surface area contributed by atoms with Crippen molar-refractivity contribution in [3.63, 3.8) is 0 Å². The van der Waals surface area contributed by atoms with Gasteiger partial charge in [-0.15, -0.1) is 0 Å². The van der Waals surface area contributed by atoms with Crippen molar-refractivity contribution in [2.24, 2.45) is 0 Å². The van der Waals surface area contributed by atoms with Crippen LogP contribution in [0.25, 0.3) is 11.1 Å². The van der Waals surface area contributed by atoms with E-state index in [4.69, 9.17) is 0 Å². The quantitative estimate of drug-likeness (QED) is 0.806. The van der Waals surface area contributed by atoms with Gasteiger partial charge in [-0.25, -0.2) is 4.39 Å². The van der Waals surface area contributed by atoms with E-state index in [1.54, 1.807) is 30.1 Å². The zero-order chi connectivity index (χ0) is 18.3. The zero-order valence-electron chi connectivity index (χ0n) is 15.0. The summed E-state index contributed by atoms with van der Waals surface area (Å²) in [5, 5.41) is 0. The number of hydrogen-bond donors (Lipinski definition) is 1. The number of halogens is 1. The van der Waals surface area contributed by atoms with Gasteiger partial charge in [0, 0.05) is 48.4 Å². The number of hydrogen-bond acceptors (Lipinski definition) is 4. The predicted octanol–water partition coefficient (Wildman–Crippen LogP) is 4.04. The summed E-state index contributed by atoms with van der Waals surface area (Å²) in [6.45, 7) is 2.12. The number of fused-ring (bicyclic) bond motifs is 1. The first-order valence-electron chi connectivity index (χ1n) is 8.98. The smallest absolute Gasteiger partial charge is 0.227 e. The van der Waals surface area contributed by atoms with Crippen LogP contribution in [-0.4, -0.2) is 23.7 Å². The molecule has 4 nitrogen and oxygen atoms in total. The maximum atomic E-state index is 14.8. The Morgan fingerprint density at radius 1 is 1.27 bits per heavy atom. The fourth-order valence-electron chi connectivity index (χ4n) is 3.52. The van der Waals surface area contributed by atoms with Gasteiger partial charge in [0.2, 0.25) is 5.91 Å². The molecule has 0 saturated heterocycles.